The molecule has 1 aromatic heterocycles. The molecule has 0 aliphatic heterocycles. The smallest absolute Gasteiger partial charge is 0.293 e. The highest BCUT2D eigenvalue weighted by Gasteiger charge is 2.16. The number of methoxy groups -OCH3 is 1. The largest absolute Gasteiger partial charge is 0.497 e. The molecule has 1 atom stereocenters. The number of ether oxygens (including phenoxy) is 1. The average Bonchev–Trinajstić information content (AvgIpc) is 2.99. The van der Waals surface area contributed by atoms with E-state index in [1.807, 2.05) is 31.2 Å². The highest BCUT2D eigenvalue weighted by Crippen LogP contribution is 2.20. The molecule has 0 saturated carbocycles. The molecule has 2 aromatic rings. The fraction of sp³-hybridized carbons (Fsp3) is 0.333. The van der Waals surface area contributed by atoms with Crippen molar-refractivity contribution in [1.29, 1.82) is 0 Å². The number of benzene rings is 1. The van der Waals surface area contributed by atoms with E-state index in [1.165, 1.54) is 0 Å². The Labute approximate surface area is 110 Å². The first kappa shape index (κ1) is 13.0. The number of carbonyl (C=O) groups excluding carboxylic acids is 1. The molecule has 1 aromatic carbocycles. The molecule has 1 unspecified atom stereocenters. The van der Waals surface area contributed by atoms with Crippen LogP contribution in [0.15, 0.2) is 24.3 Å². The zero-order valence-electron chi connectivity index (χ0n) is 10.8. The van der Waals surface area contributed by atoms with Gasteiger partial charge in [-0.25, -0.2) is 0 Å². The molecule has 0 spiro atoms. The van der Waals surface area contributed by atoms with Crippen LogP contribution in [-0.2, 0) is 0 Å². The van der Waals surface area contributed by atoms with Gasteiger partial charge in [0.15, 0.2) is 0 Å². The lowest BCUT2D eigenvalue weighted by Gasteiger charge is -2.16. The summed E-state index contributed by atoms with van der Waals surface area (Å²) in [5, 5.41) is 15.8. The molecule has 1 heterocycles. The Hall–Kier alpha value is -2.44. The van der Waals surface area contributed by atoms with E-state index < -0.39 is 0 Å². The molecule has 100 valence electrons. The second kappa shape index (κ2) is 5.94. The van der Waals surface area contributed by atoms with Crippen molar-refractivity contribution < 1.29 is 9.53 Å². The van der Waals surface area contributed by atoms with Crippen LogP contribution < -0.4 is 10.1 Å². The zero-order valence-corrected chi connectivity index (χ0v) is 10.8. The van der Waals surface area contributed by atoms with Crippen molar-refractivity contribution in [2.75, 3.05) is 7.11 Å². The maximum atomic E-state index is 11.9. The maximum Gasteiger partial charge on any atom is 0.293 e. The number of hydrogen-bond donors (Lipinski definition) is 2. The first-order chi connectivity index (χ1) is 9.24. The SMILES string of the molecule is CCC(NC(=O)c1nn[nH]n1)c1ccc(OC)cc1. The van der Waals surface area contributed by atoms with Crippen LogP contribution in [-0.4, -0.2) is 33.6 Å². The van der Waals surface area contributed by atoms with Crippen molar-refractivity contribution in [3.8, 4) is 5.75 Å². The van der Waals surface area contributed by atoms with Crippen LogP contribution in [0.3, 0.4) is 0 Å². The van der Waals surface area contributed by atoms with Crippen LogP contribution in [0, 0.1) is 0 Å². The summed E-state index contributed by atoms with van der Waals surface area (Å²) >= 11 is 0. The van der Waals surface area contributed by atoms with Crippen molar-refractivity contribution in [3.05, 3.63) is 35.7 Å². The first-order valence-electron chi connectivity index (χ1n) is 5.92. The second-order valence-corrected chi connectivity index (χ2v) is 3.94. The Morgan fingerprint density at radius 3 is 2.68 bits per heavy atom. The number of aromatic amines is 1. The predicted molar refractivity (Wildman–Crippen MR) is 67.7 cm³/mol. The highest BCUT2D eigenvalue weighted by molar-refractivity contribution is 5.90. The molecule has 0 saturated heterocycles. The zero-order chi connectivity index (χ0) is 13.7. The minimum absolute atomic E-state index is 0.0342. The first-order valence-corrected chi connectivity index (χ1v) is 5.92. The van der Waals surface area contributed by atoms with E-state index in [0.29, 0.717) is 0 Å². The number of H-pyrrole nitrogens is 1. The number of aromatic nitrogens is 4. The Balaban J connectivity index is 2.09. The molecule has 0 radical (unpaired) electrons. The lowest BCUT2D eigenvalue weighted by atomic mass is 10.0. The number of carbonyl (C=O) groups is 1. The van der Waals surface area contributed by atoms with Gasteiger partial charge in [0.2, 0.25) is 0 Å². The molecule has 7 heteroatoms. The summed E-state index contributed by atoms with van der Waals surface area (Å²) in [6.07, 6.45) is 0.760. The van der Waals surface area contributed by atoms with Gasteiger partial charge in [0.25, 0.3) is 11.7 Å². The lowest BCUT2D eigenvalue weighted by molar-refractivity contribution is 0.0925. The molecule has 1 amide bonds. The van der Waals surface area contributed by atoms with Gasteiger partial charge in [0.05, 0.1) is 13.2 Å². The summed E-state index contributed by atoms with van der Waals surface area (Å²) in [5.74, 6) is 0.464. The van der Waals surface area contributed by atoms with Crippen molar-refractivity contribution in [1.82, 2.24) is 25.9 Å². The van der Waals surface area contributed by atoms with E-state index in [4.69, 9.17) is 4.74 Å². The number of nitrogens with zero attached hydrogens (tertiary/aromatic N) is 3. The van der Waals surface area contributed by atoms with Crippen LogP contribution in [0.1, 0.15) is 35.6 Å². The van der Waals surface area contributed by atoms with Gasteiger partial charge in [-0.2, -0.15) is 5.21 Å². The van der Waals surface area contributed by atoms with Crippen molar-refractivity contribution in [2.24, 2.45) is 0 Å². The summed E-state index contributed by atoms with van der Waals surface area (Å²) in [4.78, 5) is 11.9. The third kappa shape index (κ3) is 3.06. The van der Waals surface area contributed by atoms with Crippen LogP contribution in [0.25, 0.3) is 0 Å². The normalized spacial score (nSPS) is 11.9. The van der Waals surface area contributed by atoms with Crippen LogP contribution in [0.2, 0.25) is 0 Å². The predicted octanol–water partition coefficient (Wildman–Crippen LogP) is 1.09. The molecule has 0 fully saturated rings. The minimum atomic E-state index is -0.351. The second-order valence-electron chi connectivity index (χ2n) is 3.94. The third-order valence-electron chi connectivity index (χ3n) is 2.78. The summed E-state index contributed by atoms with van der Waals surface area (Å²) in [5.41, 5.74) is 1.00. The third-order valence-corrected chi connectivity index (χ3v) is 2.78. The van der Waals surface area contributed by atoms with Gasteiger partial charge in [0, 0.05) is 0 Å². The van der Waals surface area contributed by atoms with E-state index >= 15 is 0 Å². The van der Waals surface area contributed by atoms with Crippen molar-refractivity contribution in [3.63, 3.8) is 0 Å². The molecule has 0 aliphatic carbocycles. The Kier molecular flexibility index (Phi) is 4.07. The topological polar surface area (TPSA) is 92.8 Å². The number of rotatable bonds is 5. The van der Waals surface area contributed by atoms with Gasteiger partial charge >= 0.3 is 0 Å². The number of hydrogen-bond acceptors (Lipinski definition) is 5. The van der Waals surface area contributed by atoms with Gasteiger partial charge in [-0.1, -0.05) is 19.1 Å². The number of amides is 1. The standard InChI is InChI=1S/C12H15N5O2/c1-3-10(8-4-6-9(19-2)7-5-8)13-12(18)11-14-16-17-15-11/h4-7,10H,3H2,1-2H3,(H,13,18)(H,14,15,16,17). The average molecular weight is 261 g/mol. The number of nitrogens with one attached hydrogen (secondary N) is 2. The van der Waals surface area contributed by atoms with Crippen molar-refractivity contribution in [2.45, 2.75) is 19.4 Å². The van der Waals surface area contributed by atoms with E-state index in [-0.39, 0.29) is 17.8 Å². The molecule has 0 aliphatic rings. The Morgan fingerprint density at radius 1 is 1.42 bits per heavy atom. The van der Waals surface area contributed by atoms with E-state index in [2.05, 4.69) is 25.9 Å². The number of tetrazole rings is 1. The quantitative estimate of drug-likeness (QED) is 0.840. The molecule has 19 heavy (non-hydrogen) atoms. The molecule has 2 N–H and O–H groups in total. The van der Waals surface area contributed by atoms with Gasteiger partial charge in [-0.3, -0.25) is 4.79 Å². The molecule has 0 bridgehead atoms. The van der Waals surface area contributed by atoms with Crippen LogP contribution in [0.4, 0.5) is 0 Å². The summed E-state index contributed by atoms with van der Waals surface area (Å²) in [6.45, 7) is 1.99. The highest BCUT2D eigenvalue weighted by atomic mass is 16.5. The van der Waals surface area contributed by atoms with E-state index in [0.717, 1.165) is 17.7 Å². The van der Waals surface area contributed by atoms with E-state index in [9.17, 15) is 4.79 Å². The monoisotopic (exact) mass is 261 g/mol. The van der Waals surface area contributed by atoms with Crippen LogP contribution in [0.5, 0.6) is 5.75 Å². The summed E-state index contributed by atoms with van der Waals surface area (Å²) < 4.78 is 5.10. The van der Waals surface area contributed by atoms with Crippen LogP contribution >= 0.6 is 0 Å². The fourth-order valence-corrected chi connectivity index (χ4v) is 1.74. The van der Waals surface area contributed by atoms with E-state index in [1.54, 1.807) is 7.11 Å². The maximum absolute atomic E-state index is 11.9. The Bertz CT molecular complexity index is 524. The molecular weight excluding hydrogens is 246 g/mol. The molecular formula is C12H15N5O2. The Morgan fingerprint density at radius 2 is 2.16 bits per heavy atom. The van der Waals surface area contributed by atoms with Gasteiger partial charge in [0.1, 0.15) is 5.75 Å². The summed E-state index contributed by atoms with van der Waals surface area (Å²) in [6, 6.07) is 7.46. The molecule has 7 nitrogen and oxygen atoms in total. The minimum Gasteiger partial charge on any atom is -0.497 e. The fourth-order valence-electron chi connectivity index (χ4n) is 1.74. The molecule has 2 rings (SSSR count). The van der Waals surface area contributed by atoms with Gasteiger partial charge < -0.3 is 10.1 Å². The lowest BCUT2D eigenvalue weighted by Crippen LogP contribution is -2.29. The van der Waals surface area contributed by atoms with Crippen molar-refractivity contribution >= 4 is 5.91 Å². The van der Waals surface area contributed by atoms with Gasteiger partial charge in [-0.15, -0.1) is 10.2 Å². The van der Waals surface area contributed by atoms with Gasteiger partial charge in [-0.05, 0) is 29.3 Å². The summed E-state index contributed by atoms with van der Waals surface area (Å²) in [7, 11) is 1.62.